The Morgan fingerprint density at radius 1 is 1.06 bits per heavy atom. The first-order valence-electron chi connectivity index (χ1n) is 15.8. The summed E-state index contributed by atoms with van der Waals surface area (Å²) in [5.41, 5.74) is 10.5. The van der Waals surface area contributed by atoms with E-state index < -0.39 is 17.3 Å². The summed E-state index contributed by atoms with van der Waals surface area (Å²) in [6.45, 7) is 2.80. The Morgan fingerprint density at radius 3 is 2.57 bits per heavy atom. The molecule has 0 aliphatic carbocycles. The van der Waals surface area contributed by atoms with Gasteiger partial charge in [-0.15, -0.1) is 0 Å². The molecule has 240 valence electrons. The fourth-order valence-corrected chi connectivity index (χ4v) is 7.03. The van der Waals surface area contributed by atoms with Crippen LogP contribution in [0.4, 0.5) is 15.9 Å². The van der Waals surface area contributed by atoms with Crippen molar-refractivity contribution >= 4 is 34.2 Å². The number of pyridine rings is 1. The number of hydrogen-bond donors (Lipinski definition) is 2. The fraction of sp³-hybridized carbons (Fsp3) is 0.278. The molecular formula is C36H35FN6O4. The number of halogens is 1. The van der Waals surface area contributed by atoms with E-state index in [2.05, 4.69) is 22.5 Å². The Bertz CT molecular complexity index is 2070. The van der Waals surface area contributed by atoms with Crippen LogP contribution in [0, 0.1) is 5.82 Å². The van der Waals surface area contributed by atoms with E-state index in [9.17, 15) is 18.8 Å². The number of nitrogens with zero attached hydrogens (tertiary/aromatic N) is 4. The molecule has 10 nitrogen and oxygen atoms in total. The van der Waals surface area contributed by atoms with Crippen molar-refractivity contribution in [3.63, 3.8) is 0 Å². The smallest absolute Gasteiger partial charge is 0.271 e. The Balaban J connectivity index is 1.19. The zero-order valence-electron chi connectivity index (χ0n) is 26.2. The summed E-state index contributed by atoms with van der Waals surface area (Å²) in [5, 5.41) is 8.20. The molecule has 2 aliphatic heterocycles. The summed E-state index contributed by atoms with van der Waals surface area (Å²) in [5.74, 6) is 0.104. The number of carbonyl (C=O) groups is 2. The summed E-state index contributed by atoms with van der Waals surface area (Å²) in [6, 6.07) is 19.0. The minimum Gasteiger partial charge on any atom is -0.493 e. The number of ether oxygens (including phenoxy) is 1. The van der Waals surface area contributed by atoms with Gasteiger partial charge in [0.15, 0.2) is 5.82 Å². The molecule has 2 saturated heterocycles. The number of carbonyl (C=O) groups excluding carboxylic acids is 2. The average Bonchev–Trinajstić information content (AvgIpc) is 3.59. The summed E-state index contributed by atoms with van der Waals surface area (Å²) >= 11 is 0. The summed E-state index contributed by atoms with van der Waals surface area (Å²) in [7, 11) is 1.88. The summed E-state index contributed by atoms with van der Waals surface area (Å²) in [4.78, 5) is 41.4. The molecule has 2 atom stereocenters. The second kappa shape index (κ2) is 12.1. The van der Waals surface area contributed by atoms with Gasteiger partial charge in [0.1, 0.15) is 17.1 Å². The van der Waals surface area contributed by atoms with Crippen LogP contribution in [0.15, 0.2) is 77.7 Å². The van der Waals surface area contributed by atoms with Crippen LogP contribution in [-0.4, -0.2) is 50.3 Å². The Hall–Kier alpha value is -5.45. The molecule has 47 heavy (non-hydrogen) atoms. The van der Waals surface area contributed by atoms with E-state index >= 15 is 0 Å². The monoisotopic (exact) mass is 634 g/mol. The number of amides is 2. The van der Waals surface area contributed by atoms with Gasteiger partial charge >= 0.3 is 0 Å². The zero-order valence-corrected chi connectivity index (χ0v) is 26.2. The normalized spacial score (nSPS) is 17.6. The quantitative estimate of drug-likeness (QED) is 0.239. The van der Waals surface area contributed by atoms with Crippen LogP contribution in [0.3, 0.4) is 0 Å². The molecule has 2 amide bonds. The van der Waals surface area contributed by atoms with Gasteiger partial charge in [0.2, 0.25) is 5.91 Å². The minimum atomic E-state index is -0.625. The number of piperidine rings is 1. The average molecular weight is 635 g/mol. The van der Waals surface area contributed by atoms with Crippen molar-refractivity contribution < 1.29 is 18.7 Å². The molecule has 3 N–H and O–H groups in total. The SMILES string of the molecule is CCOc1ccn(-c2ccc(F)cc2)c(=O)c1C(=O)Nc1ccc(-c2cc([C@@H]3CCN4C(=O)CC[C@@H]4C3)cc3c2c(N)nn3C)cc1. The van der Waals surface area contributed by atoms with Gasteiger partial charge < -0.3 is 20.7 Å². The molecule has 2 aromatic heterocycles. The van der Waals surface area contributed by atoms with Gasteiger partial charge in [-0.05, 0) is 103 Å². The van der Waals surface area contributed by atoms with Gasteiger partial charge in [-0.3, -0.25) is 23.6 Å². The molecule has 2 aliphatic rings. The highest BCUT2D eigenvalue weighted by atomic mass is 19.1. The standard InChI is InChI=1S/C36H35FN6O4/c1-3-47-30-15-17-43(26-10-6-24(37)7-11-26)36(46)33(30)35(45)39-25-8-4-21(5-9-25)28-19-23(20-29-32(28)34(38)40-41(29)2)22-14-16-42-27(18-22)12-13-31(42)44/h4-11,15,17,19-20,22,27H,3,12-14,16,18H2,1-2H3,(H2,38,40)(H,39,45)/t22-,27-/m1/s1. The third-order valence-corrected chi connectivity index (χ3v) is 9.34. The zero-order chi connectivity index (χ0) is 32.8. The van der Waals surface area contributed by atoms with Gasteiger partial charge in [0.25, 0.3) is 11.5 Å². The highest BCUT2D eigenvalue weighted by molar-refractivity contribution is 6.06. The van der Waals surface area contributed by atoms with Gasteiger partial charge in [0, 0.05) is 43.6 Å². The number of anilines is 2. The van der Waals surface area contributed by atoms with Crippen molar-refractivity contribution in [2.24, 2.45) is 7.05 Å². The van der Waals surface area contributed by atoms with Gasteiger partial charge in [-0.1, -0.05) is 12.1 Å². The Morgan fingerprint density at radius 2 is 1.83 bits per heavy atom. The number of nitrogens with two attached hydrogens (primary N) is 1. The number of nitrogen functional groups attached to an aromatic ring is 1. The number of aryl methyl sites for hydroxylation is 1. The lowest BCUT2D eigenvalue weighted by Crippen LogP contribution is -2.39. The van der Waals surface area contributed by atoms with Crippen molar-refractivity contribution in [3.05, 3.63) is 100 Å². The first-order chi connectivity index (χ1) is 22.7. The van der Waals surface area contributed by atoms with E-state index in [4.69, 9.17) is 10.5 Å². The molecule has 2 fully saturated rings. The van der Waals surface area contributed by atoms with Crippen molar-refractivity contribution in [2.45, 2.75) is 44.6 Å². The molecule has 0 bridgehead atoms. The highest BCUT2D eigenvalue weighted by Gasteiger charge is 2.37. The maximum Gasteiger partial charge on any atom is 0.271 e. The van der Waals surface area contributed by atoms with Crippen LogP contribution < -0.4 is 21.3 Å². The van der Waals surface area contributed by atoms with E-state index in [-0.39, 0.29) is 29.9 Å². The molecule has 3 aromatic carbocycles. The largest absolute Gasteiger partial charge is 0.493 e. The second-order valence-corrected chi connectivity index (χ2v) is 12.1. The number of fused-ring (bicyclic) bond motifs is 2. The van der Waals surface area contributed by atoms with Crippen LogP contribution in [0.2, 0.25) is 0 Å². The van der Waals surface area contributed by atoms with Crippen molar-refractivity contribution in [1.29, 1.82) is 0 Å². The highest BCUT2D eigenvalue weighted by Crippen LogP contribution is 2.41. The maximum atomic E-state index is 13.5. The Labute approximate surface area is 270 Å². The third-order valence-electron chi connectivity index (χ3n) is 9.34. The number of hydrogen-bond acceptors (Lipinski definition) is 6. The van der Waals surface area contributed by atoms with Crippen molar-refractivity contribution in [2.75, 3.05) is 24.2 Å². The lowest BCUT2D eigenvalue weighted by Gasteiger charge is -2.35. The van der Waals surface area contributed by atoms with Gasteiger partial charge in [-0.25, -0.2) is 4.39 Å². The van der Waals surface area contributed by atoms with Crippen LogP contribution in [0.25, 0.3) is 27.7 Å². The number of benzene rings is 3. The van der Waals surface area contributed by atoms with E-state index in [1.807, 2.05) is 24.1 Å². The van der Waals surface area contributed by atoms with Crippen molar-refractivity contribution in [3.8, 4) is 22.6 Å². The van der Waals surface area contributed by atoms with E-state index in [0.717, 1.165) is 47.8 Å². The molecule has 11 heteroatoms. The third kappa shape index (κ3) is 5.51. The number of nitrogens with one attached hydrogen (secondary N) is 1. The minimum absolute atomic E-state index is 0.157. The molecule has 4 heterocycles. The molecule has 7 rings (SSSR count). The molecule has 0 spiro atoms. The number of aromatic nitrogens is 3. The molecule has 5 aromatic rings. The topological polar surface area (TPSA) is 124 Å². The molecule has 0 radical (unpaired) electrons. The van der Waals surface area contributed by atoms with E-state index in [1.54, 1.807) is 29.8 Å². The lowest BCUT2D eigenvalue weighted by atomic mass is 9.83. The van der Waals surface area contributed by atoms with E-state index in [1.165, 1.54) is 40.6 Å². The summed E-state index contributed by atoms with van der Waals surface area (Å²) in [6.07, 6.45) is 4.87. The molecule has 0 unspecified atom stereocenters. The first kappa shape index (κ1) is 30.2. The fourth-order valence-electron chi connectivity index (χ4n) is 7.03. The van der Waals surface area contributed by atoms with Crippen LogP contribution in [-0.2, 0) is 11.8 Å². The van der Waals surface area contributed by atoms with Crippen LogP contribution >= 0.6 is 0 Å². The number of rotatable bonds is 7. The molecule has 0 saturated carbocycles. The lowest BCUT2D eigenvalue weighted by molar-refractivity contribution is -0.129. The maximum absolute atomic E-state index is 13.5. The summed E-state index contributed by atoms with van der Waals surface area (Å²) < 4.78 is 22.2. The Kier molecular flexibility index (Phi) is 7.75. The first-order valence-corrected chi connectivity index (χ1v) is 15.8. The van der Waals surface area contributed by atoms with Crippen molar-refractivity contribution in [1.82, 2.24) is 19.2 Å². The van der Waals surface area contributed by atoms with E-state index in [0.29, 0.717) is 29.5 Å². The molecular weight excluding hydrogens is 599 g/mol. The van der Waals surface area contributed by atoms with Gasteiger partial charge in [0.05, 0.1) is 17.5 Å². The predicted molar refractivity (Wildman–Crippen MR) is 178 cm³/mol. The predicted octanol–water partition coefficient (Wildman–Crippen LogP) is 5.63. The van der Waals surface area contributed by atoms with Gasteiger partial charge in [-0.2, -0.15) is 5.10 Å². The second-order valence-electron chi connectivity index (χ2n) is 12.1. The van der Waals surface area contributed by atoms with Crippen LogP contribution in [0.1, 0.15) is 54.4 Å². The van der Waals surface area contributed by atoms with Crippen LogP contribution in [0.5, 0.6) is 5.75 Å².